The van der Waals surface area contributed by atoms with E-state index in [0.29, 0.717) is 17.1 Å². The number of methoxy groups -OCH3 is 1. The lowest BCUT2D eigenvalue weighted by atomic mass is 10.1. The molecule has 0 amide bonds. The molecule has 7 heteroatoms. The third-order valence-electron chi connectivity index (χ3n) is 3.52. The molecule has 0 bridgehead atoms. The van der Waals surface area contributed by atoms with E-state index < -0.39 is 5.97 Å². The number of nitrogens with zero attached hydrogens (tertiary/aromatic N) is 2. The van der Waals surface area contributed by atoms with Crippen LogP contribution in [0, 0.1) is 6.92 Å². The zero-order valence-electron chi connectivity index (χ0n) is 13.7. The molecule has 0 unspecified atom stereocenters. The highest BCUT2D eigenvalue weighted by Gasteiger charge is 2.16. The van der Waals surface area contributed by atoms with Crippen LogP contribution in [0.4, 0.5) is 0 Å². The SMILES string of the molecule is COc1ccccc1-c1noc(COC(=O)c2ccc(C)cc2O)n1. The predicted octanol–water partition coefficient (Wildman–Crippen LogP) is 3.12. The maximum Gasteiger partial charge on any atom is 0.342 e. The Balaban J connectivity index is 1.70. The number of rotatable bonds is 5. The van der Waals surface area contributed by atoms with Crippen LogP contribution in [0.5, 0.6) is 11.5 Å². The van der Waals surface area contributed by atoms with Gasteiger partial charge in [-0.3, -0.25) is 0 Å². The average Bonchev–Trinajstić information content (AvgIpc) is 3.08. The third-order valence-corrected chi connectivity index (χ3v) is 3.52. The van der Waals surface area contributed by atoms with Crippen LogP contribution in [0.1, 0.15) is 21.8 Å². The van der Waals surface area contributed by atoms with E-state index in [0.717, 1.165) is 5.56 Å². The van der Waals surface area contributed by atoms with Gasteiger partial charge in [-0.25, -0.2) is 4.79 Å². The van der Waals surface area contributed by atoms with Gasteiger partial charge in [-0.05, 0) is 36.8 Å². The van der Waals surface area contributed by atoms with Gasteiger partial charge in [-0.2, -0.15) is 4.98 Å². The summed E-state index contributed by atoms with van der Waals surface area (Å²) in [6.45, 7) is 1.61. The van der Waals surface area contributed by atoms with Crippen molar-refractivity contribution in [2.45, 2.75) is 13.5 Å². The highest BCUT2D eigenvalue weighted by molar-refractivity contribution is 5.92. The van der Waals surface area contributed by atoms with Crippen LogP contribution in [0.15, 0.2) is 47.0 Å². The van der Waals surface area contributed by atoms with Gasteiger partial charge < -0.3 is 19.1 Å². The minimum absolute atomic E-state index is 0.0788. The lowest BCUT2D eigenvalue weighted by Crippen LogP contribution is -2.06. The number of esters is 1. The zero-order chi connectivity index (χ0) is 17.8. The minimum atomic E-state index is -0.672. The zero-order valence-corrected chi connectivity index (χ0v) is 13.7. The number of hydrogen-bond donors (Lipinski definition) is 1. The number of para-hydroxylation sites is 1. The van der Waals surface area contributed by atoms with Gasteiger partial charge in [0.1, 0.15) is 17.1 Å². The number of benzene rings is 2. The molecule has 1 aromatic heterocycles. The number of carbonyl (C=O) groups excluding carboxylic acids is 1. The molecule has 3 rings (SSSR count). The van der Waals surface area contributed by atoms with Crippen molar-refractivity contribution in [3.63, 3.8) is 0 Å². The molecule has 0 atom stereocenters. The molecular formula is C18H16N2O5. The summed E-state index contributed by atoms with van der Waals surface area (Å²) in [6, 6.07) is 11.9. The molecule has 0 aliphatic carbocycles. The standard InChI is InChI=1S/C18H16N2O5/c1-11-7-8-12(14(21)9-11)18(22)24-10-16-19-17(20-25-16)13-5-3-4-6-15(13)23-2/h3-9,21H,10H2,1-2H3. The van der Waals surface area contributed by atoms with Crippen LogP contribution in [0.25, 0.3) is 11.4 Å². The van der Waals surface area contributed by atoms with E-state index in [4.69, 9.17) is 14.0 Å². The van der Waals surface area contributed by atoms with E-state index in [1.54, 1.807) is 25.3 Å². The molecular weight excluding hydrogens is 324 g/mol. The predicted molar refractivity (Wildman–Crippen MR) is 88.2 cm³/mol. The van der Waals surface area contributed by atoms with E-state index in [1.165, 1.54) is 12.1 Å². The number of aryl methyl sites for hydroxylation is 1. The molecule has 0 aliphatic rings. The Morgan fingerprint density at radius 3 is 2.80 bits per heavy atom. The normalized spacial score (nSPS) is 10.5. The van der Waals surface area contributed by atoms with Crippen LogP contribution >= 0.6 is 0 Å². The lowest BCUT2D eigenvalue weighted by Gasteiger charge is -2.05. The number of aromatic hydroxyl groups is 1. The maximum atomic E-state index is 12.0. The summed E-state index contributed by atoms with van der Waals surface area (Å²) >= 11 is 0. The Bertz CT molecular complexity index is 904. The monoisotopic (exact) mass is 340 g/mol. The molecule has 0 saturated carbocycles. The Kier molecular flexibility index (Phi) is 4.65. The second-order valence-electron chi connectivity index (χ2n) is 5.31. The van der Waals surface area contributed by atoms with Gasteiger partial charge in [0, 0.05) is 0 Å². The van der Waals surface area contributed by atoms with Crippen LogP contribution in [0.2, 0.25) is 0 Å². The van der Waals surface area contributed by atoms with E-state index >= 15 is 0 Å². The molecule has 128 valence electrons. The summed E-state index contributed by atoms with van der Waals surface area (Å²) in [5, 5.41) is 13.7. The number of phenolic OH excluding ortho intramolecular Hbond substituents is 1. The fraction of sp³-hybridized carbons (Fsp3) is 0.167. The topological polar surface area (TPSA) is 94.7 Å². The molecule has 1 N–H and O–H groups in total. The first kappa shape index (κ1) is 16.5. The van der Waals surface area contributed by atoms with Crippen molar-refractivity contribution in [3.8, 4) is 22.9 Å². The number of hydrogen-bond acceptors (Lipinski definition) is 7. The van der Waals surface area contributed by atoms with E-state index in [2.05, 4.69) is 10.1 Å². The van der Waals surface area contributed by atoms with Gasteiger partial charge in [-0.1, -0.05) is 23.4 Å². The van der Waals surface area contributed by atoms with Crippen LogP contribution in [0.3, 0.4) is 0 Å². The Morgan fingerprint density at radius 2 is 2.04 bits per heavy atom. The second-order valence-corrected chi connectivity index (χ2v) is 5.31. The van der Waals surface area contributed by atoms with Gasteiger partial charge >= 0.3 is 5.97 Å². The van der Waals surface area contributed by atoms with Crippen molar-refractivity contribution in [2.24, 2.45) is 0 Å². The molecule has 0 fully saturated rings. The molecule has 1 heterocycles. The van der Waals surface area contributed by atoms with Crippen molar-refractivity contribution in [1.29, 1.82) is 0 Å². The Hall–Kier alpha value is -3.35. The highest BCUT2D eigenvalue weighted by atomic mass is 16.6. The average molecular weight is 340 g/mol. The Morgan fingerprint density at radius 1 is 1.24 bits per heavy atom. The summed E-state index contributed by atoms with van der Waals surface area (Å²) in [5.74, 6) is 0.277. The molecule has 7 nitrogen and oxygen atoms in total. The largest absolute Gasteiger partial charge is 0.507 e. The van der Waals surface area contributed by atoms with E-state index in [9.17, 15) is 9.90 Å². The number of aromatic nitrogens is 2. The van der Waals surface area contributed by atoms with Gasteiger partial charge in [0.2, 0.25) is 5.82 Å². The van der Waals surface area contributed by atoms with Crippen LogP contribution in [-0.4, -0.2) is 28.3 Å². The maximum absolute atomic E-state index is 12.0. The highest BCUT2D eigenvalue weighted by Crippen LogP contribution is 2.27. The van der Waals surface area contributed by atoms with Gasteiger partial charge in [0.05, 0.1) is 12.7 Å². The van der Waals surface area contributed by atoms with Crippen molar-refractivity contribution < 1.29 is 23.9 Å². The van der Waals surface area contributed by atoms with Crippen LogP contribution < -0.4 is 4.74 Å². The summed E-state index contributed by atoms with van der Waals surface area (Å²) in [7, 11) is 1.55. The van der Waals surface area contributed by atoms with E-state index in [-0.39, 0.29) is 23.8 Å². The number of phenols is 1. The quantitative estimate of drug-likeness (QED) is 0.713. The minimum Gasteiger partial charge on any atom is -0.507 e. The summed E-state index contributed by atoms with van der Waals surface area (Å²) in [6.07, 6.45) is 0. The van der Waals surface area contributed by atoms with E-state index in [1.807, 2.05) is 19.1 Å². The summed E-state index contributed by atoms with van der Waals surface area (Å²) < 4.78 is 15.5. The molecule has 2 aromatic carbocycles. The number of ether oxygens (including phenoxy) is 2. The first-order valence-corrected chi connectivity index (χ1v) is 7.51. The first-order chi connectivity index (χ1) is 12.1. The van der Waals surface area contributed by atoms with Crippen LogP contribution in [-0.2, 0) is 11.3 Å². The van der Waals surface area contributed by atoms with Crippen molar-refractivity contribution in [2.75, 3.05) is 7.11 Å². The van der Waals surface area contributed by atoms with Crippen molar-refractivity contribution >= 4 is 5.97 Å². The second kappa shape index (κ2) is 7.04. The number of carbonyl (C=O) groups is 1. The van der Waals surface area contributed by atoms with Gasteiger partial charge in [0.15, 0.2) is 6.61 Å². The van der Waals surface area contributed by atoms with Gasteiger partial charge in [-0.15, -0.1) is 0 Å². The van der Waals surface area contributed by atoms with Crippen molar-refractivity contribution in [3.05, 3.63) is 59.5 Å². The smallest absolute Gasteiger partial charge is 0.342 e. The third kappa shape index (κ3) is 3.60. The summed E-state index contributed by atoms with van der Waals surface area (Å²) in [4.78, 5) is 16.2. The molecule has 25 heavy (non-hydrogen) atoms. The molecule has 3 aromatic rings. The summed E-state index contributed by atoms with van der Waals surface area (Å²) in [5.41, 5.74) is 1.59. The fourth-order valence-electron chi connectivity index (χ4n) is 2.27. The first-order valence-electron chi connectivity index (χ1n) is 7.51. The molecule has 0 radical (unpaired) electrons. The van der Waals surface area contributed by atoms with Crippen molar-refractivity contribution in [1.82, 2.24) is 10.1 Å². The molecule has 0 spiro atoms. The van der Waals surface area contributed by atoms with Gasteiger partial charge in [0.25, 0.3) is 5.89 Å². The molecule has 0 aliphatic heterocycles. The lowest BCUT2D eigenvalue weighted by molar-refractivity contribution is 0.0426. The molecule has 0 saturated heterocycles. The Labute approximate surface area is 143 Å². The fourth-order valence-corrected chi connectivity index (χ4v) is 2.27.